The molecule has 0 fully saturated rings. The van der Waals surface area contributed by atoms with Gasteiger partial charge in [0, 0.05) is 12.2 Å². The maximum absolute atomic E-state index is 5.92. The standard InChI is InChI=1S/C8H9ClN4/c1-4(10)5-2-11-8-6(5)7(9)12-3-13-8/h2-4H,10H2,1H3,(H,11,12,13). The third-order valence-electron chi connectivity index (χ3n) is 1.94. The van der Waals surface area contributed by atoms with Gasteiger partial charge in [0.25, 0.3) is 0 Å². The van der Waals surface area contributed by atoms with Crippen molar-refractivity contribution in [2.75, 3.05) is 0 Å². The normalized spacial score (nSPS) is 13.5. The van der Waals surface area contributed by atoms with Crippen LogP contribution >= 0.6 is 11.6 Å². The largest absolute Gasteiger partial charge is 0.346 e. The summed E-state index contributed by atoms with van der Waals surface area (Å²) < 4.78 is 0. The lowest BCUT2D eigenvalue weighted by molar-refractivity contribution is 0.826. The lowest BCUT2D eigenvalue weighted by Crippen LogP contribution is -2.04. The number of fused-ring (bicyclic) bond motifs is 1. The molecule has 0 aromatic carbocycles. The Morgan fingerprint density at radius 2 is 2.31 bits per heavy atom. The van der Waals surface area contributed by atoms with Crippen molar-refractivity contribution in [3.63, 3.8) is 0 Å². The van der Waals surface area contributed by atoms with Gasteiger partial charge >= 0.3 is 0 Å². The highest BCUT2D eigenvalue weighted by Gasteiger charge is 2.11. The average Bonchev–Trinajstić information content (AvgIpc) is 2.49. The van der Waals surface area contributed by atoms with Crippen LogP contribution in [0.25, 0.3) is 11.0 Å². The number of nitrogens with zero attached hydrogens (tertiary/aromatic N) is 2. The van der Waals surface area contributed by atoms with Gasteiger partial charge in [-0.05, 0) is 12.5 Å². The number of aromatic amines is 1. The second-order valence-electron chi connectivity index (χ2n) is 2.92. The van der Waals surface area contributed by atoms with Gasteiger partial charge in [-0.2, -0.15) is 0 Å². The molecule has 3 N–H and O–H groups in total. The zero-order valence-electron chi connectivity index (χ0n) is 7.08. The minimum atomic E-state index is -0.0720. The summed E-state index contributed by atoms with van der Waals surface area (Å²) in [4.78, 5) is 10.9. The SMILES string of the molecule is CC(N)c1c[nH]c2ncnc(Cl)c12. The second-order valence-corrected chi connectivity index (χ2v) is 3.28. The zero-order valence-corrected chi connectivity index (χ0v) is 7.84. The molecule has 2 rings (SSSR count). The van der Waals surface area contributed by atoms with E-state index in [0.717, 1.165) is 16.6 Å². The Balaban J connectivity index is 2.79. The molecule has 0 saturated heterocycles. The van der Waals surface area contributed by atoms with Crippen molar-refractivity contribution in [3.8, 4) is 0 Å². The number of nitrogens with one attached hydrogen (secondary N) is 1. The van der Waals surface area contributed by atoms with Crippen molar-refractivity contribution in [2.45, 2.75) is 13.0 Å². The van der Waals surface area contributed by atoms with E-state index in [1.165, 1.54) is 6.33 Å². The van der Waals surface area contributed by atoms with Crippen LogP contribution in [0.3, 0.4) is 0 Å². The third-order valence-corrected chi connectivity index (χ3v) is 2.23. The first-order chi connectivity index (χ1) is 6.20. The fraction of sp³-hybridized carbons (Fsp3) is 0.250. The number of H-pyrrole nitrogens is 1. The highest BCUT2D eigenvalue weighted by Crippen LogP contribution is 2.26. The average molecular weight is 197 g/mol. The fourth-order valence-corrected chi connectivity index (χ4v) is 1.55. The number of halogens is 1. The van der Waals surface area contributed by atoms with Crippen molar-refractivity contribution in [2.24, 2.45) is 5.73 Å². The van der Waals surface area contributed by atoms with Crippen LogP contribution in [0.15, 0.2) is 12.5 Å². The molecule has 13 heavy (non-hydrogen) atoms. The minimum absolute atomic E-state index is 0.0720. The van der Waals surface area contributed by atoms with E-state index in [2.05, 4.69) is 15.0 Å². The van der Waals surface area contributed by atoms with Crippen molar-refractivity contribution in [1.29, 1.82) is 0 Å². The molecule has 0 aliphatic rings. The van der Waals surface area contributed by atoms with Gasteiger partial charge in [0.05, 0.1) is 5.39 Å². The Morgan fingerprint density at radius 3 is 3.00 bits per heavy atom. The van der Waals surface area contributed by atoms with Gasteiger partial charge < -0.3 is 10.7 Å². The summed E-state index contributed by atoms with van der Waals surface area (Å²) in [7, 11) is 0. The van der Waals surface area contributed by atoms with Gasteiger partial charge in [0.1, 0.15) is 17.1 Å². The predicted octanol–water partition coefficient (Wildman–Crippen LogP) is 1.63. The molecule has 0 radical (unpaired) electrons. The monoisotopic (exact) mass is 196 g/mol. The van der Waals surface area contributed by atoms with E-state index in [9.17, 15) is 0 Å². The number of rotatable bonds is 1. The van der Waals surface area contributed by atoms with E-state index in [-0.39, 0.29) is 6.04 Å². The van der Waals surface area contributed by atoms with Gasteiger partial charge in [-0.1, -0.05) is 11.6 Å². The molecule has 0 bridgehead atoms. The van der Waals surface area contributed by atoms with Crippen molar-refractivity contribution in [3.05, 3.63) is 23.2 Å². The number of hydrogen-bond donors (Lipinski definition) is 2. The van der Waals surface area contributed by atoms with E-state index in [1.807, 2.05) is 13.1 Å². The molecule has 5 heteroatoms. The third kappa shape index (κ3) is 1.28. The lowest BCUT2D eigenvalue weighted by atomic mass is 10.1. The quantitative estimate of drug-likeness (QED) is 0.682. The number of aromatic nitrogens is 3. The van der Waals surface area contributed by atoms with Crippen LogP contribution in [0.1, 0.15) is 18.5 Å². The van der Waals surface area contributed by atoms with Gasteiger partial charge in [-0.3, -0.25) is 0 Å². The highest BCUT2D eigenvalue weighted by atomic mass is 35.5. The van der Waals surface area contributed by atoms with Gasteiger partial charge in [-0.15, -0.1) is 0 Å². The Bertz CT molecular complexity index is 435. The number of hydrogen-bond acceptors (Lipinski definition) is 3. The van der Waals surface area contributed by atoms with Gasteiger partial charge in [0.15, 0.2) is 0 Å². The molecule has 1 atom stereocenters. The van der Waals surface area contributed by atoms with Crippen LogP contribution in [0.4, 0.5) is 0 Å². The number of nitrogens with two attached hydrogens (primary N) is 1. The smallest absolute Gasteiger partial charge is 0.142 e. The molecule has 0 aliphatic carbocycles. The molecule has 0 aliphatic heterocycles. The summed E-state index contributed by atoms with van der Waals surface area (Å²) in [6, 6.07) is -0.0720. The Labute approximate surface area is 80.1 Å². The molecule has 68 valence electrons. The van der Waals surface area contributed by atoms with Crippen LogP contribution in [0.2, 0.25) is 5.15 Å². The van der Waals surface area contributed by atoms with E-state index in [1.54, 1.807) is 0 Å². The molecule has 2 aromatic heterocycles. The van der Waals surface area contributed by atoms with Crippen LogP contribution < -0.4 is 5.73 Å². The molecule has 2 aromatic rings. The Kier molecular flexibility index (Phi) is 1.94. The first kappa shape index (κ1) is 8.47. The summed E-state index contributed by atoms with van der Waals surface area (Å²) >= 11 is 5.92. The summed E-state index contributed by atoms with van der Waals surface area (Å²) in [6.45, 7) is 1.89. The first-order valence-corrected chi connectivity index (χ1v) is 4.31. The van der Waals surface area contributed by atoms with E-state index < -0.39 is 0 Å². The topological polar surface area (TPSA) is 67.6 Å². The maximum atomic E-state index is 5.92. The van der Waals surface area contributed by atoms with Crippen molar-refractivity contribution < 1.29 is 0 Å². The maximum Gasteiger partial charge on any atom is 0.142 e. The molecule has 0 spiro atoms. The Hall–Kier alpha value is -1.13. The highest BCUT2D eigenvalue weighted by molar-refractivity contribution is 6.34. The van der Waals surface area contributed by atoms with E-state index in [0.29, 0.717) is 5.15 Å². The summed E-state index contributed by atoms with van der Waals surface area (Å²) in [6.07, 6.45) is 3.24. The molecule has 0 saturated carbocycles. The second kappa shape index (κ2) is 2.97. The lowest BCUT2D eigenvalue weighted by Gasteiger charge is -2.02. The van der Waals surface area contributed by atoms with Crippen LogP contribution in [-0.2, 0) is 0 Å². The molecule has 1 unspecified atom stereocenters. The van der Waals surface area contributed by atoms with Crippen LogP contribution in [0.5, 0.6) is 0 Å². The molecule has 0 amide bonds. The van der Waals surface area contributed by atoms with Gasteiger partial charge in [-0.25, -0.2) is 9.97 Å². The molecule has 4 nitrogen and oxygen atoms in total. The molecular weight excluding hydrogens is 188 g/mol. The first-order valence-electron chi connectivity index (χ1n) is 3.93. The van der Waals surface area contributed by atoms with Crippen molar-refractivity contribution >= 4 is 22.6 Å². The van der Waals surface area contributed by atoms with Crippen LogP contribution in [0, 0.1) is 0 Å². The van der Waals surface area contributed by atoms with E-state index in [4.69, 9.17) is 17.3 Å². The molecular formula is C8H9ClN4. The van der Waals surface area contributed by atoms with Crippen LogP contribution in [-0.4, -0.2) is 15.0 Å². The summed E-state index contributed by atoms with van der Waals surface area (Å²) in [5, 5.41) is 1.26. The van der Waals surface area contributed by atoms with Gasteiger partial charge in [0.2, 0.25) is 0 Å². The minimum Gasteiger partial charge on any atom is -0.346 e. The zero-order chi connectivity index (χ0) is 9.42. The van der Waals surface area contributed by atoms with Crippen molar-refractivity contribution in [1.82, 2.24) is 15.0 Å². The fourth-order valence-electron chi connectivity index (χ4n) is 1.31. The van der Waals surface area contributed by atoms with E-state index >= 15 is 0 Å². The predicted molar refractivity (Wildman–Crippen MR) is 51.5 cm³/mol. The summed E-state index contributed by atoms with van der Waals surface area (Å²) in [5.74, 6) is 0. The Morgan fingerprint density at radius 1 is 1.54 bits per heavy atom. The summed E-state index contributed by atoms with van der Waals surface area (Å²) in [5.41, 5.74) is 7.43. The molecule has 2 heterocycles.